The molecule has 0 bridgehead atoms. The van der Waals surface area contributed by atoms with E-state index in [-0.39, 0.29) is 11.1 Å². The van der Waals surface area contributed by atoms with Crippen LogP contribution in [0.1, 0.15) is 60.3 Å². The topological polar surface area (TPSA) is 29.5 Å². The van der Waals surface area contributed by atoms with Gasteiger partial charge in [0.1, 0.15) is 0 Å². The predicted octanol–water partition coefficient (Wildman–Crippen LogP) is 4.83. The maximum Gasteiger partial charge on any atom is 0.191 e. The van der Waals surface area contributed by atoms with Crippen molar-refractivity contribution in [3.05, 3.63) is 0 Å². The summed E-state index contributed by atoms with van der Waals surface area (Å²) < 4.78 is 6.27. The summed E-state index contributed by atoms with van der Waals surface area (Å²) in [5.41, 5.74) is 0. The Morgan fingerprint density at radius 2 is 1.85 bits per heavy atom. The predicted molar refractivity (Wildman–Crippen MR) is 89.4 cm³/mol. The SMILES string of the molecule is C[C@H]1CC[C@H]([C@@H](C)CCO[Si](C)(C)C(C)(C)C)[C@@H](O)C1. The summed E-state index contributed by atoms with van der Waals surface area (Å²) in [4.78, 5) is 0. The molecule has 0 heterocycles. The molecular weight excluding hydrogens is 264 g/mol. The second-order valence-electron chi connectivity index (χ2n) is 8.52. The normalized spacial score (nSPS) is 30.3. The van der Waals surface area contributed by atoms with Gasteiger partial charge in [-0.05, 0) is 55.1 Å². The molecule has 0 aromatic heterocycles. The van der Waals surface area contributed by atoms with Crippen molar-refractivity contribution >= 4 is 8.32 Å². The molecule has 0 spiro atoms. The van der Waals surface area contributed by atoms with E-state index in [1.807, 2.05) is 0 Å². The second-order valence-corrected chi connectivity index (χ2v) is 13.3. The molecule has 1 fully saturated rings. The molecular formula is C17H36O2Si. The van der Waals surface area contributed by atoms with Gasteiger partial charge < -0.3 is 9.53 Å². The van der Waals surface area contributed by atoms with Crippen LogP contribution >= 0.6 is 0 Å². The van der Waals surface area contributed by atoms with E-state index in [1.54, 1.807) is 0 Å². The second kappa shape index (κ2) is 6.93. The van der Waals surface area contributed by atoms with Crippen molar-refractivity contribution in [1.82, 2.24) is 0 Å². The molecule has 4 atom stereocenters. The molecule has 0 unspecified atom stereocenters. The Kier molecular flexibility index (Phi) is 6.30. The highest BCUT2D eigenvalue weighted by molar-refractivity contribution is 6.74. The summed E-state index contributed by atoms with van der Waals surface area (Å²) >= 11 is 0. The average Bonchev–Trinajstić information content (AvgIpc) is 2.26. The van der Waals surface area contributed by atoms with Gasteiger partial charge in [0.05, 0.1) is 6.10 Å². The van der Waals surface area contributed by atoms with Crippen LogP contribution < -0.4 is 0 Å². The zero-order valence-electron chi connectivity index (χ0n) is 14.7. The molecule has 1 rings (SSSR count). The first-order chi connectivity index (χ1) is 9.04. The van der Waals surface area contributed by atoms with E-state index in [0.29, 0.717) is 17.8 Å². The van der Waals surface area contributed by atoms with Crippen molar-refractivity contribution in [2.45, 2.75) is 84.5 Å². The third-order valence-electron chi connectivity index (χ3n) is 5.70. The summed E-state index contributed by atoms with van der Waals surface area (Å²) in [7, 11) is -1.61. The molecule has 3 heteroatoms. The number of rotatable bonds is 5. The Labute approximate surface area is 127 Å². The molecule has 0 radical (unpaired) electrons. The Morgan fingerprint density at radius 1 is 1.25 bits per heavy atom. The van der Waals surface area contributed by atoms with Gasteiger partial charge >= 0.3 is 0 Å². The zero-order chi connectivity index (χ0) is 15.6. The lowest BCUT2D eigenvalue weighted by atomic mass is 9.74. The Balaban J connectivity index is 2.38. The van der Waals surface area contributed by atoms with Gasteiger partial charge in [-0.15, -0.1) is 0 Å². The van der Waals surface area contributed by atoms with Crippen LogP contribution in [0, 0.1) is 17.8 Å². The Hall–Kier alpha value is 0.137. The van der Waals surface area contributed by atoms with Crippen molar-refractivity contribution in [2.75, 3.05) is 6.61 Å². The third-order valence-corrected chi connectivity index (χ3v) is 10.2. The van der Waals surface area contributed by atoms with Gasteiger partial charge in [-0.1, -0.05) is 41.0 Å². The van der Waals surface area contributed by atoms with Gasteiger partial charge in [0.25, 0.3) is 0 Å². The summed E-state index contributed by atoms with van der Waals surface area (Å²) in [6, 6.07) is 0. The van der Waals surface area contributed by atoms with Crippen LogP contribution in [0.15, 0.2) is 0 Å². The minimum absolute atomic E-state index is 0.0957. The van der Waals surface area contributed by atoms with E-state index in [0.717, 1.165) is 19.4 Å². The van der Waals surface area contributed by atoms with E-state index < -0.39 is 8.32 Å². The Bertz CT molecular complexity index is 296. The average molecular weight is 301 g/mol. The van der Waals surface area contributed by atoms with Crippen LogP contribution in [-0.4, -0.2) is 26.1 Å². The molecule has 0 aromatic rings. The number of hydrogen-bond acceptors (Lipinski definition) is 2. The van der Waals surface area contributed by atoms with Gasteiger partial charge in [0.15, 0.2) is 8.32 Å². The summed E-state index contributed by atoms with van der Waals surface area (Å²) in [6.45, 7) is 16.9. The smallest absolute Gasteiger partial charge is 0.191 e. The van der Waals surface area contributed by atoms with Crippen molar-refractivity contribution in [1.29, 1.82) is 0 Å². The zero-order valence-corrected chi connectivity index (χ0v) is 15.7. The minimum Gasteiger partial charge on any atom is -0.417 e. The van der Waals surface area contributed by atoms with Gasteiger partial charge in [-0.2, -0.15) is 0 Å². The van der Waals surface area contributed by atoms with Crippen LogP contribution in [0.25, 0.3) is 0 Å². The van der Waals surface area contributed by atoms with Crippen LogP contribution in [0.4, 0.5) is 0 Å². The van der Waals surface area contributed by atoms with Gasteiger partial charge in [0.2, 0.25) is 0 Å². The Morgan fingerprint density at radius 3 is 2.35 bits per heavy atom. The molecule has 0 aromatic carbocycles. The van der Waals surface area contributed by atoms with Gasteiger partial charge in [-0.25, -0.2) is 0 Å². The fourth-order valence-corrected chi connectivity index (χ4v) is 4.03. The van der Waals surface area contributed by atoms with Crippen molar-refractivity contribution < 1.29 is 9.53 Å². The minimum atomic E-state index is -1.61. The van der Waals surface area contributed by atoms with Crippen LogP contribution in [0.3, 0.4) is 0 Å². The summed E-state index contributed by atoms with van der Waals surface area (Å²) in [5, 5.41) is 10.6. The number of aliphatic hydroxyl groups is 1. The van der Waals surface area contributed by atoms with Crippen molar-refractivity contribution in [3.63, 3.8) is 0 Å². The van der Waals surface area contributed by atoms with E-state index in [9.17, 15) is 5.11 Å². The maximum absolute atomic E-state index is 10.3. The lowest BCUT2D eigenvalue weighted by molar-refractivity contribution is 0.0174. The standard InChI is InChI=1S/C17H36O2Si/c1-13-8-9-15(16(18)12-13)14(2)10-11-19-20(6,7)17(3,4)5/h13-16,18H,8-12H2,1-7H3/t13-,14-,15+,16-/m0/s1. The van der Waals surface area contributed by atoms with Crippen molar-refractivity contribution in [2.24, 2.45) is 17.8 Å². The molecule has 0 amide bonds. The van der Waals surface area contributed by atoms with E-state index in [2.05, 4.69) is 47.7 Å². The van der Waals surface area contributed by atoms with Crippen molar-refractivity contribution in [3.8, 4) is 0 Å². The van der Waals surface area contributed by atoms with Crippen LogP contribution in [-0.2, 0) is 4.43 Å². The third kappa shape index (κ3) is 4.85. The largest absolute Gasteiger partial charge is 0.417 e. The highest BCUT2D eigenvalue weighted by Crippen LogP contribution is 2.38. The fraction of sp³-hybridized carbons (Fsp3) is 1.00. The monoisotopic (exact) mass is 300 g/mol. The lowest BCUT2D eigenvalue weighted by Gasteiger charge is -2.38. The molecule has 0 saturated heterocycles. The molecule has 2 nitrogen and oxygen atoms in total. The van der Waals surface area contributed by atoms with Gasteiger partial charge in [-0.3, -0.25) is 0 Å². The quantitative estimate of drug-likeness (QED) is 0.737. The van der Waals surface area contributed by atoms with Gasteiger partial charge in [0, 0.05) is 6.61 Å². The summed E-state index contributed by atoms with van der Waals surface area (Å²) in [6.07, 6.45) is 4.43. The van der Waals surface area contributed by atoms with Crippen LogP contribution in [0.5, 0.6) is 0 Å². The highest BCUT2D eigenvalue weighted by atomic mass is 28.4. The van der Waals surface area contributed by atoms with E-state index in [1.165, 1.54) is 12.8 Å². The first-order valence-electron chi connectivity index (χ1n) is 8.36. The molecule has 1 aliphatic carbocycles. The highest BCUT2D eigenvalue weighted by Gasteiger charge is 2.37. The first-order valence-corrected chi connectivity index (χ1v) is 11.3. The van der Waals surface area contributed by atoms with Crippen LogP contribution in [0.2, 0.25) is 18.1 Å². The molecule has 1 saturated carbocycles. The first kappa shape index (κ1) is 18.2. The van der Waals surface area contributed by atoms with E-state index in [4.69, 9.17) is 4.43 Å². The summed E-state index contributed by atoms with van der Waals surface area (Å²) in [5.74, 6) is 1.74. The lowest BCUT2D eigenvalue weighted by Crippen LogP contribution is -2.41. The maximum atomic E-state index is 10.3. The molecule has 20 heavy (non-hydrogen) atoms. The number of aliphatic hydroxyl groups excluding tert-OH is 1. The molecule has 1 aliphatic rings. The fourth-order valence-electron chi connectivity index (χ4n) is 2.97. The number of hydrogen-bond donors (Lipinski definition) is 1. The van der Waals surface area contributed by atoms with E-state index >= 15 is 0 Å². The molecule has 120 valence electrons. The molecule has 0 aliphatic heterocycles. The molecule has 1 N–H and O–H groups in total.